The minimum atomic E-state index is -3.81. The lowest BCUT2D eigenvalue weighted by Gasteiger charge is -2.15. The Labute approximate surface area is 165 Å². The van der Waals surface area contributed by atoms with E-state index in [0.717, 1.165) is 18.5 Å². The Morgan fingerprint density at radius 2 is 1.67 bits per heavy atom. The summed E-state index contributed by atoms with van der Waals surface area (Å²) in [6.45, 7) is 2.43. The molecule has 0 bridgehead atoms. The summed E-state index contributed by atoms with van der Waals surface area (Å²) in [7, 11) is 0.220. The van der Waals surface area contributed by atoms with Crippen LogP contribution in [0.5, 0.6) is 0 Å². The fraction of sp³-hybridized carbons (Fsp3) is 0.316. The largest absolute Gasteiger partial charge is 0.325 e. The minimum absolute atomic E-state index is 0.0526. The molecule has 0 aliphatic heterocycles. The van der Waals surface area contributed by atoms with Crippen LogP contribution in [0.25, 0.3) is 0 Å². The van der Waals surface area contributed by atoms with Crippen LogP contribution in [0.4, 0.5) is 5.69 Å². The quantitative estimate of drug-likeness (QED) is 0.702. The minimum Gasteiger partial charge on any atom is -0.325 e. The van der Waals surface area contributed by atoms with Crippen LogP contribution in [-0.4, -0.2) is 45.9 Å². The van der Waals surface area contributed by atoms with Gasteiger partial charge in [-0.3, -0.25) is 4.79 Å². The van der Waals surface area contributed by atoms with Gasteiger partial charge in [0.1, 0.15) is 0 Å². The summed E-state index contributed by atoms with van der Waals surface area (Å²) in [5.74, 6) is -0.436. The zero-order valence-electron chi connectivity index (χ0n) is 15.6. The normalized spacial score (nSPS) is 12.8. The third-order valence-corrected chi connectivity index (χ3v) is 5.73. The van der Waals surface area contributed by atoms with Crippen molar-refractivity contribution in [1.29, 1.82) is 0 Å². The number of amides is 1. The van der Waals surface area contributed by atoms with Crippen LogP contribution in [0.3, 0.4) is 0 Å². The van der Waals surface area contributed by atoms with Crippen molar-refractivity contribution in [2.24, 2.45) is 0 Å². The van der Waals surface area contributed by atoms with Crippen LogP contribution in [0.15, 0.2) is 53.4 Å². The first-order valence-electron chi connectivity index (χ1n) is 8.50. The molecule has 2 aromatic carbocycles. The van der Waals surface area contributed by atoms with Crippen LogP contribution in [0.1, 0.15) is 12.5 Å². The molecule has 0 aliphatic carbocycles. The van der Waals surface area contributed by atoms with Gasteiger partial charge in [0.15, 0.2) is 0 Å². The maximum atomic E-state index is 12.3. The van der Waals surface area contributed by atoms with Crippen LogP contribution in [0.2, 0.25) is 5.02 Å². The second-order valence-electron chi connectivity index (χ2n) is 6.54. The smallest absolute Gasteiger partial charge is 0.242 e. The zero-order valence-corrected chi connectivity index (χ0v) is 17.1. The number of anilines is 1. The van der Waals surface area contributed by atoms with E-state index in [0.29, 0.717) is 10.7 Å². The Hall–Kier alpha value is -1.93. The summed E-state index contributed by atoms with van der Waals surface area (Å²) in [5.41, 5.74) is 1.78. The van der Waals surface area contributed by atoms with Gasteiger partial charge in [0.05, 0.1) is 10.9 Å². The molecular weight excluding hydrogens is 386 g/mol. The Morgan fingerprint density at radius 3 is 2.22 bits per heavy atom. The number of halogens is 1. The highest BCUT2D eigenvalue weighted by Gasteiger charge is 2.22. The summed E-state index contributed by atoms with van der Waals surface area (Å²) < 4.78 is 27.1. The maximum absolute atomic E-state index is 12.3. The molecule has 8 heteroatoms. The lowest BCUT2D eigenvalue weighted by molar-refractivity contribution is -0.117. The van der Waals surface area contributed by atoms with Crippen molar-refractivity contribution in [2.45, 2.75) is 24.3 Å². The molecule has 0 aliphatic rings. The van der Waals surface area contributed by atoms with Gasteiger partial charge in [0.25, 0.3) is 0 Å². The number of nitrogens with one attached hydrogen (secondary N) is 2. The van der Waals surface area contributed by atoms with Crippen molar-refractivity contribution in [3.8, 4) is 0 Å². The second-order valence-corrected chi connectivity index (χ2v) is 8.69. The average Bonchev–Trinajstić information content (AvgIpc) is 2.61. The molecule has 0 heterocycles. The standard InChI is InChI=1S/C19H24ClN3O3S/c1-14(22-27(25,26)18-10-6-16(20)7-11-18)19(24)21-17-8-4-15(5-9-17)12-13-23(2)3/h4-11,14,22H,12-13H2,1-3H3,(H,21,24)/t14-/m0/s1. The van der Waals surface area contributed by atoms with Crippen LogP contribution < -0.4 is 10.0 Å². The summed E-state index contributed by atoms with van der Waals surface area (Å²) in [4.78, 5) is 14.5. The molecule has 0 saturated heterocycles. The van der Waals surface area contributed by atoms with Gasteiger partial charge in [0, 0.05) is 17.3 Å². The van der Waals surface area contributed by atoms with E-state index in [1.165, 1.54) is 31.2 Å². The number of hydrogen-bond acceptors (Lipinski definition) is 4. The fourth-order valence-electron chi connectivity index (χ4n) is 2.33. The molecule has 0 saturated carbocycles. The van der Waals surface area contributed by atoms with Crippen molar-refractivity contribution in [3.63, 3.8) is 0 Å². The number of rotatable bonds is 8. The molecule has 2 rings (SSSR count). The molecule has 0 aromatic heterocycles. The van der Waals surface area contributed by atoms with E-state index in [4.69, 9.17) is 11.6 Å². The number of hydrogen-bond donors (Lipinski definition) is 2. The predicted molar refractivity (Wildman–Crippen MR) is 109 cm³/mol. The summed E-state index contributed by atoms with van der Waals surface area (Å²) >= 11 is 5.77. The van der Waals surface area contributed by atoms with E-state index in [1.807, 2.05) is 38.4 Å². The molecule has 27 heavy (non-hydrogen) atoms. The number of likely N-dealkylation sites (N-methyl/N-ethyl adjacent to an activating group) is 1. The van der Waals surface area contributed by atoms with Gasteiger partial charge >= 0.3 is 0 Å². The summed E-state index contributed by atoms with van der Waals surface area (Å²) in [6, 6.07) is 12.3. The van der Waals surface area contributed by atoms with Crippen molar-refractivity contribution in [1.82, 2.24) is 9.62 Å². The highest BCUT2D eigenvalue weighted by Crippen LogP contribution is 2.15. The van der Waals surface area contributed by atoms with Crippen molar-refractivity contribution in [2.75, 3.05) is 26.0 Å². The Morgan fingerprint density at radius 1 is 1.07 bits per heavy atom. The molecule has 0 spiro atoms. The molecule has 1 atom stereocenters. The van der Waals surface area contributed by atoms with Crippen molar-refractivity contribution < 1.29 is 13.2 Å². The van der Waals surface area contributed by atoms with Gasteiger partial charge in [-0.1, -0.05) is 23.7 Å². The number of nitrogens with zero attached hydrogens (tertiary/aromatic N) is 1. The number of sulfonamides is 1. The molecular formula is C19H24ClN3O3S. The number of carbonyl (C=O) groups is 1. The average molecular weight is 410 g/mol. The molecule has 1 amide bonds. The first-order chi connectivity index (χ1) is 12.7. The van der Waals surface area contributed by atoms with Crippen LogP contribution in [0, 0.1) is 0 Å². The Kier molecular flexibility index (Phi) is 7.38. The number of benzene rings is 2. The highest BCUT2D eigenvalue weighted by atomic mass is 35.5. The van der Waals surface area contributed by atoms with Gasteiger partial charge in [-0.2, -0.15) is 4.72 Å². The highest BCUT2D eigenvalue weighted by molar-refractivity contribution is 7.89. The van der Waals surface area contributed by atoms with E-state index in [2.05, 4.69) is 14.9 Å². The Balaban J connectivity index is 1.96. The second kappa shape index (κ2) is 9.32. The SMILES string of the molecule is C[C@H](NS(=O)(=O)c1ccc(Cl)cc1)C(=O)Nc1ccc(CCN(C)C)cc1. The van der Waals surface area contributed by atoms with Gasteiger partial charge in [0.2, 0.25) is 15.9 Å². The van der Waals surface area contributed by atoms with Crippen molar-refractivity contribution >= 4 is 33.2 Å². The molecule has 0 fully saturated rings. The fourth-order valence-corrected chi connectivity index (χ4v) is 3.65. The molecule has 2 aromatic rings. The zero-order chi connectivity index (χ0) is 20.0. The molecule has 0 unspecified atom stereocenters. The number of carbonyl (C=O) groups excluding carboxylic acids is 1. The van der Waals surface area contributed by atoms with Gasteiger partial charge in [-0.15, -0.1) is 0 Å². The van der Waals surface area contributed by atoms with Gasteiger partial charge in [-0.25, -0.2) is 8.42 Å². The van der Waals surface area contributed by atoms with E-state index in [1.54, 1.807) is 0 Å². The van der Waals surface area contributed by atoms with E-state index in [-0.39, 0.29) is 4.90 Å². The molecule has 146 valence electrons. The monoisotopic (exact) mass is 409 g/mol. The van der Waals surface area contributed by atoms with E-state index < -0.39 is 22.0 Å². The van der Waals surface area contributed by atoms with Gasteiger partial charge in [-0.05, 0) is 69.4 Å². The lowest BCUT2D eigenvalue weighted by atomic mass is 10.1. The summed E-state index contributed by atoms with van der Waals surface area (Å²) in [5, 5.41) is 3.16. The lowest BCUT2D eigenvalue weighted by Crippen LogP contribution is -2.41. The van der Waals surface area contributed by atoms with E-state index in [9.17, 15) is 13.2 Å². The van der Waals surface area contributed by atoms with Crippen LogP contribution >= 0.6 is 11.6 Å². The topological polar surface area (TPSA) is 78.5 Å². The molecule has 0 radical (unpaired) electrons. The van der Waals surface area contributed by atoms with Crippen LogP contribution in [-0.2, 0) is 21.2 Å². The predicted octanol–water partition coefficient (Wildman–Crippen LogP) is 2.75. The summed E-state index contributed by atoms with van der Waals surface area (Å²) in [6.07, 6.45) is 0.915. The third-order valence-electron chi connectivity index (χ3n) is 3.92. The first-order valence-corrected chi connectivity index (χ1v) is 10.4. The van der Waals surface area contributed by atoms with Gasteiger partial charge < -0.3 is 10.2 Å². The molecule has 6 nitrogen and oxygen atoms in total. The first kappa shape index (κ1) is 21.4. The van der Waals surface area contributed by atoms with Crippen molar-refractivity contribution in [3.05, 3.63) is 59.1 Å². The van der Waals surface area contributed by atoms with E-state index >= 15 is 0 Å². The third kappa shape index (κ3) is 6.62. The maximum Gasteiger partial charge on any atom is 0.242 e. The Bertz CT molecular complexity index is 866. The molecule has 2 N–H and O–H groups in total.